The maximum Gasteiger partial charge on any atom is 0.262 e. The topological polar surface area (TPSA) is 58.7 Å². The van der Waals surface area contributed by atoms with Crippen molar-refractivity contribution >= 4 is 27.8 Å². The highest BCUT2D eigenvalue weighted by Crippen LogP contribution is 2.47. The van der Waals surface area contributed by atoms with Crippen LogP contribution in [-0.4, -0.2) is 22.8 Å². The molecule has 2 aliphatic rings. The standard InChI is InChI=1S/C19H26BrN3O/c1-12(2)23-17(24)19(22-18(23)21,14-7-5-4-6-8-14)16-11-15(20)10-9-13(16)3/h9-12,14H,4-8H2,1-3H3,(H2,21,22). The Bertz CT molecular complexity index is 679. The quantitative estimate of drug-likeness (QED) is 0.842. The van der Waals surface area contributed by atoms with Gasteiger partial charge in [0.2, 0.25) is 0 Å². The summed E-state index contributed by atoms with van der Waals surface area (Å²) in [5, 5.41) is 0. The molecule has 4 nitrogen and oxygen atoms in total. The summed E-state index contributed by atoms with van der Waals surface area (Å²) in [6.07, 6.45) is 5.61. The number of hydrogen-bond donors (Lipinski definition) is 1. The van der Waals surface area contributed by atoms with Crippen molar-refractivity contribution in [3.63, 3.8) is 0 Å². The molecule has 1 aliphatic carbocycles. The number of guanidine groups is 1. The van der Waals surface area contributed by atoms with Crippen LogP contribution in [0, 0.1) is 12.8 Å². The Hall–Kier alpha value is -1.36. The number of benzene rings is 1. The van der Waals surface area contributed by atoms with Crippen LogP contribution in [0.2, 0.25) is 0 Å². The van der Waals surface area contributed by atoms with Gasteiger partial charge in [-0.05, 0) is 62.8 Å². The molecule has 1 heterocycles. The van der Waals surface area contributed by atoms with Crippen LogP contribution in [0.4, 0.5) is 0 Å². The highest BCUT2D eigenvalue weighted by atomic mass is 79.9. The summed E-state index contributed by atoms with van der Waals surface area (Å²) >= 11 is 3.57. The van der Waals surface area contributed by atoms with Gasteiger partial charge in [0, 0.05) is 10.5 Å². The molecule has 0 radical (unpaired) electrons. The molecule has 1 aromatic carbocycles. The first-order valence-electron chi connectivity index (χ1n) is 8.83. The average Bonchev–Trinajstić information content (AvgIpc) is 2.82. The first kappa shape index (κ1) is 17.5. The van der Waals surface area contributed by atoms with Gasteiger partial charge in [-0.15, -0.1) is 0 Å². The minimum absolute atomic E-state index is 0.0131. The molecule has 0 bridgehead atoms. The number of nitrogens with zero attached hydrogens (tertiary/aromatic N) is 2. The van der Waals surface area contributed by atoms with E-state index in [1.54, 1.807) is 4.90 Å². The molecule has 0 spiro atoms. The lowest BCUT2D eigenvalue weighted by Crippen LogP contribution is -2.49. The summed E-state index contributed by atoms with van der Waals surface area (Å²) in [5.41, 5.74) is 7.46. The van der Waals surface area contributed by atoms with Crippen molar-refractivity contribution in [2.45, 2.75) is 64.5 Å². The number of aryl methyl sites for hydroxylation is 1. The van der Waals surface area contributed by atoms with E-state index in [4.69, 9.17) is 10.7 Å². The Morgan fingerprint density at radius 3 is 2.54 bits per heavy atom. The number of halogens is 1. The molecule has 3 rings (SSSR count). The fraction of sp³-hybridized carbons (Fsp3) is 0.579. The van der Waals surface area contributed by atoms with Gasteiger partial charge in [0.25, 0.3) is 5.91 Å². The van der Waals surface area contributed by atoms with Gasteiger partial charge >= 0.3 is 0 Å². The van der Waals surface area contributed by atoms with E-state index in [-0.39, 0.29) is 17.9 Å². The second kappa shape index (κ2) is 6.51. The summed E-state index contributed by atoms with van der Waals surface area (Å²) < 4.78 is 0.975. The van der Waals surface area contributed by atoms with Crippen LogP contribution >= 0.6 is 15.9 Å². The SMILES string of the molecule is Cc1ccc(Br)cc1C1(C2CCCCC2)N=C(N)N(C(C)C)C1=O. The van der Waals surface area contributed by atoms with E-state index >= 15 is 0 Å². The number of carbonyl (C=O) groups excluding carboxylic acids is 1. The van der Waals surface area contributed by atoms with E-state index in [1.165, 1.54) is 6.42 Å². The number of aliphatic imine (C=N–C) groups is 1. The van der Waals surface area contributed by atoms with E-state index < -0.39 is 5.54 Å². The normalized spacial score (nSPS) is 25.5. The summed E-state index contributed by atoms with van der Waals surface area (Å²) in [6, 6.07) is 6.14. The molecule has 2 N–H and O–H groups in total. The highest BCUT2D eigenvalue weighted by molar-refractivity contribution is 9.10. The van der Waals surface area contributed by atoms with Gasteiger partial charge in [-0.3, -0.25) is 9.69 Å². The monoisotopic (exact) mass is 391 g/mol. The molecule has 130 valence electrons. The van der Waals surface area contributed by atoms with Gasteiger partial charge in [-0.2, -0.15) is 0 Å². The second-order valence-electron chi connectivity index (χ2n) is 7.30. The van der Waals surface area contributed by atoms with Crippen LogP contribution < -0.4 is 5.73 Å². The molecule has 1 amide bonds. The van der Waals surface area contributed by atoms with Crippen molar-refractivity contribution in [1.82, 2.24) is 4.90 Å². The molecular formula is C19H26BrN3O. The molecule has 1 unspecified atom stereocenters. The van der Waals surface area contributed by atoms with Crippen LogP contribution in [0.3, 0.4) is 0 Å². The van der Waals surface area contributed by atoms with Crippen LogP contribution in [0.25, 0.3) is 0 Å². The molecule has 24 heavy (non-hydrogen) atoms. The fourth-order valence-corrected chi connectivity index (χ4v) is 4.62. The molecule has 1 saturated carbocycles. The van der Waals surface area contributed by atoms with Crippen LogP contribution in [0.5, 0.6) is 0 Å². The van der Waals surface area contributed by atoms with E-state index in [0.717, 1.165) is 41.3 Å². The fourth-order valence-electron chi connectivity index (χ4n) is 4.26. The van der Waals surface area contributed by atoms with Gasteiger partial charge in [-0.25, -0.2) is 4.99 Å². The van der Waals surface area contributed by atoms with Crippen LogP contribution in [-0.2, 0) is 10.3 Å². The van der Waals surface area contributed by atoms with E-state index in [0.29, 0.717) is 5.96 Å². The van der Waals surface area contributed by atoms with Crippen LogP contribution in [0.1, 0.15) is 57.1 Å². The third-order valence-electron chi connectivity index (χ3n) is 5.41. The second-order valence-corrected chi connectivity index (χ2v) is 8.22. The zero-order valence-electron chi connectivity index (χ0n) is 14.7. The first-order valence-corrected chi connectivity index (χ1v) is 9.63. The van der Waals surface area contributed by atoms with Crippen molar-refractivity contribution in [3.05, 3.63) is 33.8 Å². The van der Waals surface area contributed by atoms with Gasteiger partial charge in [0.05, 0.1) is 0 Å². The summed E-state index contributed by atoms with van der Waals surface area (Å²) in [5.74, 6) is 0.622. The third-order valence-corrected chi connectivity index (χ3v) is 5.90. The Morgan fingerprint density at radius 2 is 1.96 bits per heavy atom. The van der Waals surface area contributed by atoms with Crippen molar-refractivity contribution in [3.8, 4) is 0 Å². The lowest BCUT2D eigenvalue weighted by Gasteiger charge is -2.38. The summed E-state index contributed by atoms with van der Waals surface area (Å²) in [7, 11) is 0. The number of rotatable bonds is 3. The highest BCUT2D eigenvalue weighted by Gasteiger charge is 2.55. The van der Waals surface area contributed by atoms with E-state index in [9.17, 15) is 4.79 Å². The van der Waals surface area contributed by atoms with Crippen LogP contribution in [0.15, 0.2) is 27.7 Å². The Morgan fingerprint density at radius 1 is 1.29 bits per heavy atom. The average molecular weight is 392 g/mol. The summed E-state index contributed by atoms with van der Waals surface area (Å²) in [6.45, 7) is 6.04. The maximum absolute atomic E-state index is 13.6. The lowest BCUT2D eigenvalue weighted by atomic mass is 9.70. The smallest absolute Gasteiger partial charge is 0.262 e. The molecule has 5 heteroatoms. The van der Waals surface area contributed by atoms with Gasteiger partial charge in [-0.1, -0.05) is 41.3 Å². The van der Waals surface area contributed by atoms with E-state index in [1.807, 2.05) is 19.9 Å². The van der Waals surface area contributed by atoms with Crippen molar-refractivity contribution < 1.29 is 4.79 Å². The molecule has 0 saturated heterocycles. The summed E-state index contributed by atoms with van der Waals surface area (Å²) in [4.78, 5) is 20.1. The Kier molecular flexibility index (Phi) is 4.73. The number of nitrogens with two attached hydrogens (primary N) is 1. The number of amides is 1. The van der Waals surface area contributed by atoms with Crippen molar-refractivity contribution in [2.75, 3.05) is 0 Å². The molecular weight excluding hydrogens is 366 g/mol. The van der Waals surface area contributed by atoms with Crippen molar-refractivity contribution in [2.24, 2.45) is 16.6 Å². The molecule has 1 aromatic rings. The van der Waals surface area contributed by atoms with Gasteiger partial charge in [0.1, 0.15) is 0 Å². The van der Waals surface area contributed by atoms with E-state index in [2.05, 4.69) is 35.0 Å². The molecule has 1 atom stereocenters. The largest absolute Gasteiger partial charge is 0.369 e. The van der Waals surface area contributed by atoms with Gasteiger partial charge < -0.3 is 5.73 Å². The van der Waals surface area contributed by atoms with Crippen molar-refractivity contribution in [1.29, 1.82) is 0 Å². The first-order chi connectivity index (χ1) is 11.4. The zero-order valence-corrected chi connectivity index (χ0v) is 16.3. The Labute approximate surface area is 152 Å². The number of hydrogen-bond acceptors (Lipinski definition) is 3. The third kappa shape index (κ3) is 2.67. The maximum atomic E-state index is 13.6. The zero-order chi connectivity index (χ0) is 17.5. The minimum Gasteiger partial charge on any atom is -0.369 e. The van der Waals surface area contributed by atoms with Gasteiger partial charge in [0.15, 0.2) is 11.5 Å². The molecule has 1 fully saturated rings. The number of carbonyl (C=O) groups is 1. The molecule has 1 aliphatic heterocycles. The predicted octanol–water partition coefficient (Wildman–Crippen LogP) is 4.10. The Balaban J connectivity index is 2.19. The predicted molar refractivity (Wildman–Crippen MR) is 101 cm³/mol. The minimum atomic E-state index is -0.858. The molecule has 0 aromatic heterocycles. The lowest BCUT2D eigenvalue weighted by molar-refractivity contribution is -0.135.